The summed E-state index contributed by atoms with van der Waals surface area (Å²) in [6.45, 7) is 0. The van der Waals surface area contributed by atoms with E-state index in [4.69, 9.17) is 10.0 Å². The number of halogens is 2. The third-order valence-corrected chi connectivity index (χ3v) is 7.46. The van der Waals surface area contributed by atoms with Gasteiger partial charge in [0.25, 0.3) is 0 Å². The van der Waals surface area contributed by atoms with Crippen LogP contribution in [0.4, 0.5) is 5.69 Å². The number of quaternary nitrogens is 1. The molecule has 0 aliphatic heterocycles. The molecular formula is C11H11I2N4O4S2-. The Bertz CT molecular complexity index is 633. The molecule has 0 saturated carbocycles. The summed E-state index contributed by atoms with van der Waals surface area (Å²) in [7, 11) is 4.33. The van der Waals surface area contributed by atoms with E-state index in [-0.39, 0.29) is 0 Å². The second kappa shape index (κ2) is 10.0. The predicted molar refractivity (Wildman–Crippen MR) is 89.2 cm³/mol. The molecule has 0 fully saturated rings. The molecular weight excluding hydrogens is 570 g/mol. The van der Waals surface area contributed by atoms with Gasteiger partial charge in [0.15, 0.2) is 0 Å². The van der Waals surface area contributed by atoms with E-state index >= 15 is 0 Å². The molecule has 1 unspecified atom stereocenters. The van der Waals surface area contributed by atoms with Crippen molar-refractivity contribution in [2.75, 3.05) is 10.4 Å². The minimum atomic E-state index is -1.44. The van der Waals surface area contributed by atoms with Crippen LogP contribution in [0.15, 0.2) is 46.7 Å². The Balaban J connectivity index is 1.91. The average Bonchev–Trinajstić information content (AvgIpc) is 2.56. The van der Waals surface area contributed by atoms with Gasteiger partial charge in [-0.25, -0.2) is 3.07 Å². The quantitative estimate of drug-likeness (QED) is 0.173. The van der Waals surface area contributed by atoms with E-state index in [1.165, 1.54) is 32.0 Å². The van der Waals surface area contributed by atoms with Crippen LogP contribution in [-0.2, 0) is 7.91 Å². The molecule has 2 N–H and O–H groups in total. The number of rotatable bonds is 8. The van der Waals surface area contributed by atoms with Crippen molar-refractivity contribution in [3.63, 3.8) is 0 Å². The first-order valence-electron chi connectivity index (χ1n) is 5.88. The third-order valence-electron chi connectivity index (χ3n) is 2.25. The van der Waals surface area contributed by atoms with Crippen molar-refractivity contribution in [1.29, 1.82) is 0 Å². The van der Waals surface area contributed by atoms with E-state index < -0.39 is 46.4 Å². The number of hydrogen-bond acceptors (Lipinski definition) is 8. The topological polar surface area (TPSA) is 103 Å². The van der Waals surface area contributed by atoms with Gasteiger partial charge < -0.3 is 0 Å². The van der Waals surface area contributed by atoms with Crippen LogP contribution in [0.5, 0.6) is 0 Å². The van der Waals surface area contributed by atoms with Crippen molar-refractivity contribution in [3.05, 3.63) is 45.4 Å². The molecule has 2 rings (SSSR count). The van der Waals surface area contributed by atoms with Crippen LogP contribution in [0.3, 0.4) is 0 Å². The SMILES string of the molecule is CON(I=O)c1ccc(SSc2ccc([I-][NH+]([O-])O)cn2)nc1. The van der Waals surface area contributed by atoms with E-state index in [0.717, 1.165) is 13.6 Å². The molecule has 2 heterocycles. The number of nitrogens with zero attached hydrogens (tertiary/aromatic N) is 3. The van der Waals surface area contributed by atoms with E-state index in [0.29, 0.717) is 5.69 Å². The molecule has 0 saturated heterocycles. The molecule has 0 radical (unpaired) electrons. The zero-order valence-electron chi connectivity index (χ0n) is 11.6. The molecule has 2 aromatic heterocycles. The van der Waals surface area contributed by atoms with Crippen LogP contribution in [-0.4, -0.2) is 22.3 Å². The fourth-order valence-corrected chi connectivity index (χ4v) is 4.90. The maximum atomic E-state index is 11.0. The minimum absolute atomic E-state index is 0.643. The Morgan fingerprint density at radius 1 is 1.26 bits per heavy atom. The van der Waals surface area contributed by atoms with Crippen LogP contribution in [0.2, 0.25) is 0 Å². The number of pyridine rings is 2. The number of aromatic nitrogens is 2. The second-order valence-corrected chi connectivity index (χ2v) is 9.83. The van der Waals surface area contributed by atoms with Crippen LogP contribution in [0.1, 0.15) is 0 Å². The van der Waals surface area contributed by atoms with Gasteiger partial charge in [0.2, 0.25) is 0 Å². The molecule has 0 bridgehead atoms. The molecule has 12 heteroatoms. The Morgan fingerprint density at radius 2 is 1.91 bits per heavy atom. The van der Waals surface area contributed by atoms with Gasteiger partial charge in [-0.15, -0.1) is 0 Å². The zero-order valence-corrected chi connectivity index (χ0v) is 17.5. The molecule has 1 atom stereocenters. The molecule has 23 heavy (non-hydrogen) atoms. The fourth-order valence-electron chi connectivity index (χ4n) is 1.35. The number of nitrogens with one attached hydrogen (secondary N) is 1. The van der Waals surface area contributed by atoms with Crippen LogP contribution in [0, 0.1) is 8.78 Å². The first kappa shape index (κ1) is 19.2. The van der Waals surface area contributed by atoms with Crippen LogP contribution >= 0.6 is 43.1 Å². The summed E-state index contributed by atoms with van der Waals surface area (Å²) < 4.78 is 12.3. The van der Waals surface area contributed by atoms with Crippen molar-refractivity contribution in [3.8, 4) is 0 Å². The van der Waals surface area contributed by atoms with Crippen LogP contribution in [0.25, 0.3) is 0 Å². The maximum absolute atomic E-state index is 11.0. The van der Waals surface area contributed by atoms with Crippen molar-refractivity contribution >= 4 is 48.7 Å². The predicted octanol–water partition coefficient (Wildman–Crippen LogP) is -1.18. The Hall–Kier alpha value is -0.100. The van der Waals surface area contributed by atoms with Crippen molar-refractivity contribution < 1.29 is 38.0 Å². The zero-order chi connectivity index (χ0) is 16.7. The van der Waals surface area contributed by atoms with Crippen molar-refractivity contribution in [1.82, 2.24) is 9.97 Å². The summed E-state index contributed by atoms with van der Waals surface area (Å²) in [6.07, 6.45) is 3.20. The van der Waals surface area contributed by atoms with Gasteiger partial charge in [-0.2, -0.15) is 0 Å². The first-order chi connectivity index (χ1) is 11.1. The summed E-state index contributed by atoms with van der Waals surface area (Å²) in [5.41, 5.74) is 0.643. The number of anilines is 1. The van der Waals surface area contributed by atoms with Crippen molar-refractivity contribution in [2.45, 2.75) is 10.1 Å². The van der Waals surface area contributed by atoms with E-state index in [1.807, 2.05) is 6.07 Å². The van der Waals surface area contributed by atoms with Crippen molar-refractivity contribution in [2.24, 2.45) is 0 Å². The fraction of sp³-hybridized carbons (Fsp3) is 0.0909. The van der Waals surface area contributed by atoms with Gasteiger partial charge in [-0.3, -0.25) is 0 Å². The molecule has 0 aromatic carbocycles. The standard InChI is InChI=1S/C11H11I2N4O4S2/c1-21-16(13-18)9-3-5-11(15-7-9)23-22-10-4-2-8(6-14-10)12-17(19)20/h2-7,17,19H,1H3/q-1. The van der Waals surface area contributed by atoms with E-state index in [9.17, 15) is 8.28 Å². The average molecular weight is 581 g/mol. The van der Waals surface area contributed by atoms with E-state index in [2.05, 4.69) is 9.97 Å². The van der Waals surface area contributed by atoms with Gasteiger partial charge >= 0.3 is 152 Å². The van der Waals surface area contributed by atoms with Gasteiger partial charge in [0.1, 0.15) is 0 Å². The van der Waals surface area contributed by atoms with Gasteiger partial charge in [-0.05, 0) is 0 Å². The molecule has 0 aliphatic carbocycles. The molecule has 0 amide bonds. The third kappa shape index (κ3) is 6.37. The van der Waals surface area contributed by atoms with Gasteiger partial charge in [-0.1, -0.05) is 0 Å². The molecule has 0 aliphatic rings. The second-order valence-electron chi connectivity index (χ2n) is 3.68. The summed E-state index contributed by atoms with van der Waals surface area (Å²) in [5, 5.41) is 21.0. The Labute approximate surface area is 161 Å². The van der Waals surface area contributed by atoms with Crippen LogP contribution < -0.4 is 28.2 Å². The molecule has 0 spiro atoms. The first-order valence-corrected chi connectivity index (χ1v) is 12.0. The normalized spacial score (nSPS) is 12.3. The summed E-state index contributed by atoms with van der Waals surface area (Å²) >= 11 is -2.47. The van der Waals surface area contributed by atoms with E-state index in [1.54, 1.807) is 30.6 Å². The van der Waals surface area contributed by atoms with Gasteiger partial charge in [0.05, 0.1) is 7.11 Å². The Morgan fingerprint density at radius 3 is 2.35 bits per heavy atom. The molecule has 8 nitrogen and oxygen atoms in total. The summed E-state index contributed by atoms with van der Waals surface area (Å²) in [5.74, 6) is 0. The summed E-state index contributed by atoms with van der Waals surface area (Å²) in [4.78, 5) is 13.5. The summed E-state index contributed by atoms with van der Waals surface area (Å²) in [6, 6.07) is 7.19. The monoisotopic (exact) mass is 581 g/mol. The number of hydrogen-bond donors (Lipinski definition) is 2. The molecule has 126 valence electrons. The molecule has 2 aromatic rings. The van der Waals surface area contributed by atoms with Gasteiger partial charge in [0, 0.05) is 0 Å². The Kier molecular flexibility index (Phi) is 8.38.